The van der Waals surface area contributed by atoms with Crippen molar-refractivity contribution in [1.82, 2.24) is 4.90 Å². The van der Waals surface area contributed by atoms with Crippen LogP contribution in [0.3, 0.4) is 0 Å². The molecule has 2 aromatic rings. The molecule has 0 aliphatic carbocycles. The molecular formula is C17H17NO2. The van der Waals surface area contributed by atoms with Crippen LogP contribution >= 0.6 is 0 Å². The third-order valence-electron chi connectivity index (χ3n) is 3.45. The number of hydrogen-bond donors (Lipinski definition) is 0. The number of amides is 1. The fourth-order valence-corrected chi connectivity index (χ4v) is 2.50. The number of carbonyl (C=O) groups excluding carboxylic acids is 1. The largest absolute Gasteiger partial charge is 0.489 e. The number of benzene rings is 2. The van der Waals surface area contributed by atoms with Crippen LogP contribution in [0.2, 0.25) is 0 Å². The molecule has 0 radical (unpaired) electrons. The molecule has 102 valence electrons. The normalized spacial score (nSPS) is 17.9. The first-order valence-electron chi connectivity index (χ1n) is 6.83. The van der Waals surface area contributed by atoms with E-state index < -0.39 is 0 Å². The molecule has 0 saturated heterocycles. The average molecular weight is 267 g/mol. The highest BCUT2D eigenvalue weighted by Gasteiger charge is 2.24. The molecule has 3 nitrogen and oxygen atoms in total. The van der Waals surface area contributed by atoms with Crippen LogP contribution in [0.25, 0.3) is 0 Å². The van der Waals surface area contributed by atoms with Crippen molar-refractivity contribution >= 4 is 5.91 Å². The Balaban J connectivity index is 1.89. The summed E-state index contributed by atoms with van der Waals surface area (Å²) in [4.78, 5) is 14.4. The zero-order valence-corrected chi connectivity index (χ0v) is 11.5. The van der Waals surface area contributed by atoms with Gasteiger partial charge in [0.1, 0.15) is 11.9 Å². The Kier molecular flexibility index (Phi) is 3.42. The summed E-state index contributed by atoms with van der Waals surface area (Å²) in [6.45, 7) is 3.18. The maximum Gasteiger partial charge on any atom is 0.254 e. The maximum absolute atomic E-state index is 12.6. The summed E-state index contributed by atoms with van der Waals surface area (Å²) >= 11 is 0. The number of rotatable bonds is 1. The van der Waals surface area contributed by atoms with Crippen molar-refractivity contribution in [3.8, 4) is 5.75 Å². The predicted octanol–water partition coefficient (Wildman–Crippen LogP) is 3.11. The van der Waals surface area contributed by atoms with Crippen LogP contribution in [-0.2, 0) is 6.54 Å². The quantitative estimate of drug-likeness (QED) is 0.794. The van der Waals surface area contributed by atoms with E-state index in [1.807, 2.05) is 66.4 Å². The third kappa shape index (κ3) is 2.52. The standard InChI is InChI=1S/C17H17NO2/c1-13-11-18(17(19)14-7-3-2-4-8-14)12-15-9-5-6-10-16(15)20-13/h2-10,13H,11-12H2,1H3. The zero-order valence-electron chi connectivity index (χ0n) is 11.5. The molecule has 2 aromatic carbocycles. The van der Waals surface area contributed by atoms with E-state index in [0.717, 1.165) is 16.9 Å². The molecule has 1 atom stereocenters. The summed E-state index contributed by atoms with van der Waals surface area (Å²) in [5.41, 5.74) is 1.78. The molecule has 3 rings (SSSR count). The molecule has 0 bridgehead atoms. The highest BCUT2D eigenvalue weighted by molar-refractivity contribution is 5.94. The van der Waals surface area contributed by atoms with Gasteiger partial charge in [0.25, 0.3) is 5.91 Å². The van der Waals surface area contributed by atoms with Crippen LogP contribution in [-0.4, -0.2) is 23.5 Å². The van der Waals surface area contributed by atoms with E-state index in [4.69, 9.17) is 4.74 Å². The molecule has 1 unspecified atom stereocenters. The molecule has 0 N–H and O–H groups in total. The number of hydrogen-bond acceptors (Lipinski definition) is 2. The lowest BCUT2D eigenvalue weighted by Gasteiger charge is -2.22. The molecule has 1 aliphatic rings. The molecule has 20 heavy (non-hydrogen) atoms. The van der Waals surface area contributed by atoms with Crippen molar-refractivity contribution in [1.29, 1.82) is 0 Å². The molecule has 0 fully saturated rings. The van der Waals surface area contributed by atoms with Crippen LogP contribution < -0.4 is 4.74 Å². The minimum Gasteiger partial charge on any atom is -0.489 e. The van der Waals surface area contributed by atoms with Gasteiger partial charge in [-0.1, -0.05) is 36.4 Å². The summed E-state index contributed by atoms with van der Waals surface area (Å²) < 4.78 is 5.88. The van der Waals surface area contributed by atoms with E-state index in [1.54, 1.807) is 0 Å². The van der Waals surface area contributed by atoms with Crippen LogP contribution in [0.1, 0.15) is 22.8 Å². The number of para-hydroxylation sites is 1. The van der Waals surface area contributed by atoms with E-state index in [-0.39, 0.29) is 12.0 Å². The smallest absolute Gasteiger partial charge is 0.254 e. The van der Waals surface area contributed by atoms with Gasteiger partial charge in [-0.05, 0) is 25.1 Å². The first-order chi connectivity index (χ1) is 9.74. The second-order valence-electron chi connectivity index (χ2n) is 5.09. The highest BCUT2D eigenvalue weighted by Crippen LogP contribution is 2.25. The van der Waals surface area contributed by atoms with Gasteiger partial charge in [0.05, 0.1) is 6.54 Å². The Labute approximate surface area is 118 Å². The molecule has 0 saturated carbocycles. The van der Waals surface area contributed by atoms with E-state index in [1.165, 1.54) is 0 Å². The van der Waals surface area contributed by atoms with Crippen molar-refractivity contribution in [2.24, 2.45) is 0 Å². The first-order valence-corrected chi connectivity index (χ1v) is 6.83. The lowest BCUT2D eigenvalue weighted by Crippen LogP contribution is -2.36. The van der Waals surface area contributed by atoms with Gasteiger partial charge in [-0.3, -0.25) is 4.79 Å². The van der Waals surface area contributed by atoms with Crippen LogP contribution in [0.4, 0.5) is 0 Å². The summed E-state index contributed by atoms with van der Waals surface area (Å²) in [5.74, 6) is 0.932. The van der Waals surface area contributed by atoms with E-state index in [0.29, 0.717) is 13.1 Å². The third-order valence-corrected chi connectivity index (χ3v) is 3.45. The fraction of sp³-hybridized carbons (Fsp3) is 0.235. The summed E-state index contributed by atoms with van der Waals surface area (Å²) in [5, 5.41) is 0. The molecule has 1 heterocycles. The Morgan fingerprint density at radius 1 is 1.10 bits per heavy atom. The summed E-state index contributed by atoms with van der Waals surface area (Å²) in [7, 11) is 0. The minimum atomic E-state index is -0.00804. The van der Waals surface area contributed by atoms with Crippen molar-refractivity contribution in [3.05, 3.63) is 65.7 Å². The molecule has 0 aromatic heterocycles. The van der Waals surface area contributed by atoms with Gasteiger partial charge in [-0.15, -0.1) is 0 Å². The lowest BCUT2D eigenvalue weighted by molar-refractivity contribution is 0.0690. The van der Waals surface area contributed by atoms with Gasteiger partial charge in [0, 0.05) is 17.7 Å². The minimum absolute atomic E-state index is 0.00804. The van der Waals surface area contributed by atoms with Gasteiger partial charge in [-0.25, -0.2) is 0 Å². The number of fused-ring (bicyclic) bond motifs is 1. The Morgan fingerprint density at radius 3 is 2.60 bits per heavy atom. The van der Waals surface area contributed by atoms with Crippen molar-refractivity contribution < 1.29 is 9.53 Å². The maximum atomic E-state index is 12.6. The topological polar surface area (TPSA) is 29.5 Å². The van der Waals surface area contributed by atoms with E-state index in [2.05, 4.69) is 0 Å². The Hall–Kier alpha value is -2.29. The lowest BCUT2D eigenvalue weighted by atomic mass is 10.1. The average Bonchev–Trinajstić information content (AvgIpc) is 2.65. The first kappa shape index (κ1) is 12.7. The van der Waals surface area contributed by atoms with Crippen LogP contribution in [0.5, 0.6) is 5.75 Å². The van der Waals surface area contributed by atoms with E-state index in [9.17, 15) is 4.79 Å². The molecular weight excluding hydrogens is 250 g/mol. The van der Waals surface area contributed by atoms with Crippen molar-refractivity contribution in [2.75, 3.05) is 6.54 Å². The monoisotopic (exact) mass is 267 g/mol. The predicted molar refractivity (Wildman–Crippen MR) is 77.7 cm³/mol. The summed E-state index contributed by atoms with van der Waals surface area (Å²) in [6, 6.07) is 17.3. The van der Waals surface area contributed by atoms with Gasteiger partial charge < -0.3 is 9.64 Å². The SMILES string of the molecule is CC1CN(C(=O)c2ccccc2)Cc2ccccc2O1. The van der Waals surface area contributed by atoms with Crippen molar-refractivity contribution in [3.63, 3.8) is 0 Å². The Morgan fingerprint density at radius 2 is 1.80 bits per heavy atom. The zero-order chi connectivity index (χ0) is 13.9. The molecule has 3 heteroatoms. The van der Waals surface area contributed by atoms with Gasteiger partial charge in [0.15, 0.2) is 0 Å². The highest BCUT2D eigenvalue weighted by atomic mass is 16.5. The van der Waals surface area contributed by atoms with Crippen LogP contribution in [0, 0.1) is 0 Å². The fourth-order valence-electron chi connectivity index (χ4n) is 2.50. The molecule has 1 amide bonds. The molecule has 0 spiro atoms. The van der Waals surface area contributed by atoms with E-state index >= 15 is 0 Å². The van der Waals surface area contributed by atoms with Crippen molar-refractivity contribution in [2.45, 2.75) is 19.6 Å². The second-order valence-corrected chi connectivity index (χ2v) is 5.09. The van der Waals surface area contributed by atoms with Gasteiger partial charge >= 0.3 is 0 Å². The second kappa shape index (κ2) is 5.37. The van der Waals surface area contributed by atoms with Crippen LogP contribution in [0.15, 0.2) is 54.6 Å². The number of nitrogens with zero attached hydrogens (tertiary/aromatic N) is 1. The Bertz CT molecular complexity index is 609. The number of carbonyl (C=O) groups is 1. The van der Waals surface area contributed by atoms with Gasteiger partial charge in [-0.2, -0.15) is 0 Å². The molecule has 1 aliphatic heterocycles. The van der Waals surface area contributed by atoms with Gasteiger partial charge in [0.2, 0.25) is 0 Å². The number of ether oxygens (including phenoxy) is 1. The summed E-state index contributed by atoms with van der Waals surface area (Å²) in [6.07, 6.45) is -0.00804.